The van der Waals surface area contributed by atoms with Crippen molar-refractivity contribution in [3.05, 3.63) is 83.9 Å². The third-order valence-corrected chi connectivity index (χ3v) is 5.84. The number of anilines is 1. The Bertz CT molecular complexity index is 1170. The first-order valence-electron chi connectivity index (χ1n) is 9.50. The van der Waals surface area contributed by atoms with Crippen LogP contribution in [0.3, 0.4) is 0 Å². The summed E-state index contributed by atoms with van der Waals surface area (Å²) in [6.45, 7) is 2.32. The van der Waals surface area contributed by atoms with E-state index in [0.717, 1.165) is 0 Å². The molecule has 3 rings (SSSR count). The van der Waals surface area contributed by atoms with Crippen molar-refractivity contribution in [2.45, 2.75) is 18.4 Å². The molecule has 0 aliphatic carbocycles. The molecule has 0 unspecified atom stereocenters. The van der Waals surface area contributed by atoms with E-state index >= 15 is 0 Å². The van der Waals surface area contributed by atoms with Crippen LogP contribution in [-0.4, -0.2) is 37.9 Å². The minimum Gasteiger partial charge on any atom is -0.492 e. The van der Waals surface area contributed by atoms with Gasteiger partial charge in [-0.25, -0.2) is 12.8 Å². The fraction of sp³-hybridized carbons (Fsp3) is 0.182. The third-order valence-electron chi connectivity index (χ3n) is 4.41. The third kappa shape index (κ3) is 5.37. The van der Waals surface area contributed by atoms with Crippen LogP contribution in [0.1, 0.15) is 22.8 Å². The Morgan fingerprint density at radius 1 is 1.13 bits per heavy atom. The lowest BCUT2D eigenvalue weighted by molar-refractivity contribution is 0.0781. The van der Waals surface area contributed by atoms with E-state index in [1.807, 2.05) is 0 Å². The molecule has 0 bridgehead atoms. The first-order chi connectivity index (χ1) is 14.8. The maximum atomic E-state index is 13.1. The summed E-state index contributed by atoms with van der Waals surface area (Å²) in [7, 11) is -2.56. The van der Waals surface area contributed by atoms with E-state index in [0.29, 0.717) is 17.9 Å². The van der Waals surface area contributed by atoms with Gasteiger partial charge in [0.05, 0.1) is 18.4 Å². The fourth-order valence-electron chi connectivity index (χ4n) is 2.96. The zero-order chi connectivity index (χ0) is 22.4. The van der Waals surface area contributed by atoms with Crippen molar-refractivity contribution in [3.8, 4) is 5.75 Å². The normalized spacial score (nSPS) is 11.1. The number of amides is 1. The van der Waals surface area contributed by atoms with Crippen molar-refractivity contribution in [1.29, 1.82) is 0 Å². The number of hydrogen-bond acceptors (Lipinski definition) is 5. The van der Waals surface area contributed by atoms with E-state index in [-0.39, 0.29) is 28.5 Å². The zero-order valence-electron chi connectivity index (χ0n) is 17.1. The number of nitrogens with zero attached hydrogens (tertiary/aromatic N) is 2. The van der Waals surface area contributed by atoms with Gasteiger partial charge in [0.2, 0.25) is 0 Å². The average molecular weight is 444 g/mol. The lowest BCUT2D eigenvalue weighted by Crippen LogP contribution is -2.28. The summed E-state index contributed by atoms with van der Waals surface area (Å²) in [6, 6.07) is 13.2. The molecule has 0 aliphatic rings. The molecule has 31 heavy (non-hydrogen) atoms. The minimum absolute atomic E-state index is 0.0152. The first kappa shape index (κ1) is 22.2. The van der Waals surface area contributed by atoms with E-state index in [4.69, 9.17) is 4.74 Å². The molecule has 0 spiro atoms. The van der Waals surface area contributed by atoms with Gasteiger partial charge in [-0.15, -0.1) is 0 Å². The number of benzene rings is 2. The Labute approximate surface area is 180 Å². The van der Waals surface area contributed by atoms with Crippen LogP contribution in [-0.2, 0) is 16.6 Å². The number of pyridine rings is 1. The molecule has 1 amide bonds. The molecule has 0 atom stereocenters. The fourth-order valence-corrected chi connectivity index (χ4v) is 4.21. The van der Waals surface area contributed by atoms with Crippen molar-refractivity contribution < 1.29 is 22.3 Å². The van der Waals surface area contributed by atoms with Crippen LogP contribution in [0.15, 0.2) is 71.9 Å². The second-order valence-electron chi connectivity index (χ2n) is 6.69. The van der Waals surface area contributed by atoms with Gasteiger partial charge in [0.25, 0.3) is 15.9 Å². The molecule has 1 N–H and O–H groups in total. The highest BCUT2D eigenvalue weighted by atomic mass is 32.2. The maximum absolute atomic E-state index is 13.1. The van der Waals surface area contributed by atoms with Gasteiger partial charge in [-0.05, 0) is 36.8 Å². The SMILES string of the molecule is CCOc1ccncc1NS(=O)(=O)c1ccccc1C(=O)N(C)Cc1ccc(F)cc1. The van der Waals surface area contributed by atoms with Crippen LogP contribution in [0.25, 0.3) is 0 Å². The van der Waals surface area contributed by atoms with Crippen molar-refractivity contribution in [1.82, 2.24) is 9.88 Å². The van der Waals surface area contributed by atoms with Crippen molar-refractivity contribution >= 4 is 21.6 Å². The van der Waals surface area contributed by atoms with Crippen molar-refractivity contribution in [2.75, 3.05) is 18.4 Å². The summed E-state index contributed by atoms with van der Waals surface area (Å²) < 4.78 is 47.2. The van der Waals surface area contributed by atoms with Crippen LogP contribution in [0.5, 0.6) is 5.75 Å². The Morgan fingerprint density at radius 2 is 1.84 bits per heavy atom. The summed E-state index contributed by atoms with van der Waals surface area (Å²) >= 11 is 0. The molecule has 9 heteroatoms. The molecule has 3 aromatic rings. The van der Waals surface area contributed by atoms with Gasteiger partial charge in [-0.3, -0.25) is 14.5 Å². The van der Waals surface area contributed by atoms with Crippen molar-refractivity contribution in [3.63, 3.8) is 0 Å². The summed E-state index contributed by atoms with van der Waals surface area (Å²) in [5, 5.41) is 0. The van der Waals surface area contributed by atoms with Gasteiger partial charge >= 0.3 is 0 Å². The molecule has 1 heterocycles. The monoisotopic (exact) mass is 443 g/mol. The number of aromatic nitrogens is 1. The highest BCUT2D eigenvalue weighted by Crippen LogP contribution is 2.27. The summed E-state index contributed by atoms with van der Waals surface area (Å²) in [4.78, 5) is 18.2. The lowest BCUT2D eigenvalue weighted by Gasteiger charge is -2.20. The predicted octanol–water partition coefficient (Wildman–Crippen LogP) is 3.69. The Hall–Kier alpha value is -3.46. The smallest absolute Gasteiger partial charge is 0.262 e. The molecule has 1 aromatic heterocycles. The summed E-state index contributed by atoms with van der Waals surface area (Å²) in [5.41, 5.74) is 0.903. The Kier molecular flexibility index (Phi) is 6.86. The van der Waals surface area contributed by atoms with Crippen LogP contribution in [0.2, 0.25) is 0 Å². The topological polar surface area (TPSA) is 88.6 Å². The van der Waals surface area contributed by atoms with Gasteiger partial charge in [-0.1, -0.05) is 24.3 Å². The second kappa shape index (κ2) is 9.57. The lowest BCUT2D eigenvalue weighted by atomic mass is 10.1. The highest BCUT2D eigenvalue weighted by molar-refractivity contribution is 7.92. The number of ether oxygens (including phenoxy) is 1. The second-order valence-corrected chi connectivity index (χ2v) is 8.35. The van der Waals surface area contributed by atoms with E-state index in [1.54, 1.807) is 38.2 Å². The van der Waals surface area contributed by atoms with E-state index in [9.17, 15) is 17.6 Å². The molecule has 0 saturated heterocycles. The van der Waals surface area contributed by atoms with Gasteiger partial charge in [0.15, 0.2) is 0 Å². The molecule has 7 nitrogen and oxygen atoms in total. The molecule has 0 saturated carbocycles. The van der Waals surface area contributed by atoms with Gasteiger partial charge in [0.1, 0.15) is 22.1 Å². The van der Waals surface area contributed by atoms with Crippen LogP contribution in [0.4, 0.5) is 10.1 Å². The predicted molar refractivity (Wildman–Crippen MR) is 115 cm³/mol. The number of halogens is 1. The molecule has 0 fully saturated rings. The number of sulfonamides is 1. The van der Waals surface area contributed by atoms with Crippen LogP contribution < -0.4 is 9.46 Å². The first-order valence-corrected chi connectivity index (χ1v) is 11.0. The minimum atomic E-state index is -4.11. The molecule has 2 aromatic carbocycles. The number of rotatable bonds is 8. The standard InChI is InChI=1S/C22H22FN3O4S/c1-3-30-20-12-13-24-14-19(20)25-31(28,29)21-7-5-4-6-18(21)22(27)26(2)15-16-8-10-17(23)11-9-16/h4-14,25H,3,15H2,1-2H3. The van der Waals surface area contributed by atoms with Gasteiger partial charge in [-0.2, -0.15) is 0 Å². The Balaban J connectivity index is 1.88. The largest absolute Gasteiger partial charge is 0.492 e. The van der Waals surface area contributed by atoms with E-state index < -0.39 is 15.9 Å². The quantitative estimate of drug-likeness (QED) is 0.574. The van der Waals surface area contributed by atoms with Gasteiger partial charge in [0, 0.05) is 25.9 Å². The van der Waals surface area contributed by atoms with Crippen LogP contribution in [0, 0.1) is 5.82 Å². The zero-order valence-corrected chi connectivity index (χ0v) is 17.9. The van der Waals surface area contributed by atoms with Gasteiger partial charge < -0.3 is 9.64 Å². The summed E-state index contributed by atoms with van der Waals surface area (Å²) in [5.74, 6) is -0.526. The average Bonchev–Trinajstić information content (AvgIpc) is 2.76. The molecule has 0 radical (unpaired) electrons. The van der Waals surface area contributed by atoms with Crippen LogP contribution >= 0.6 is 0 Å². The number of nitrogens with one attached hydrogen (secondary N) is 1. The highest BCUT2D eigenvalue weighted by Gasteiger charge is 2.25. The maximum Gasteiger partial charge on any atom is 0.262 e. The van der Waals surface area contributed by atoms with Crippen molar-refractivity contribution in [2.24, 2.45) is 0 Å². The molecule has 0 aliphatic heterocycles. The molecular weight excluding hydrogens is 421 g/mol. The van der Waals surface area contributed by atoms with E-state index in [1.165, 1.54) is 47.6 Å². The molecular formula is C22H22FN3O4S. The number of carbonyl (C=O) groups is 1. The number of carbonyl (C=O) groups excluding carboxylic acids is 1. The Morgan fingerprint density at radius 3 is 2.55 bits per heavy atom. The molecule has 162 valence electrons. The number of hydrogen-bond donors (Lipinski definition) is 1. The van der Waals surface area contributed by atoms with E-state index in [2.05, 4.69) is 9.71 Å². The summed E-state index contributed by atoms with van der Waals surface area (Å²) in [6.07, 6.45) is 2.83.